The number of likely N-dealkylation sites (N-methyl/N-ethyl adjacent to an activating group) is 1. The van der Waals surface area contributed by atoms with Crippen LogP contribution in [-0.4, -0.2) is 26.3 Å². The van der Waals surface area contributed by atoms with Crippen molar-refractivity contribution < 1.29 is 4.74 Å². The Balaban J connectivity index is 2.10. The second-order valence-electron chi connectivity index (χ2n) is 3.39. The highest BCUT2D eigenvalue weighted by atomic mass is 16.5. The van der Waals surface area contributed by atoms with Crippen molar-refractivity contribution in [3.63, 3.8) is 0 Å². The maximum Gasteiger partial charge on any atom is 0.0754 e. The van der Waals surface area contributed by atoms with Crippen LogP contribution in [0.5, 0.6) is 0 Å². The second kappa shape index (κ2) is 3.26. The Labute approximate surface area is 78.1 Å². The van der Waals surface area contributed by atoms with Crippen molar-refractivity contribution in [1.29, 1.82) is 0 Å². The van der Waals surface area contributed by atoms with Gasteiger partial charge in [-0.1, -0.05) is 0 Å². The van der Waals surface area contributed by atoms with Gasteiger partial charge in [-0.2, -0.15) is 0 Å². The van der Waals surface area contributed by atoms with Crippen LogP contribution in [0.3, 0.4) is 0 Å². The molecular weight excluding hydrogens is 164 g/mol. The highest BCUT2D eigenvalue weighted by Crippen LogP contribution is 2.20. The van der Waals surface area contributed by atoms with Gasteiger partial charge in [0.15, 0.2) is 0 Å². The summed E-state index contributed by atoms with van der Waals surface area (Å²) in [5.41, 5.74) is 7.61. The van der Waals surface area contributed by atoms with Crippen molar-refractivity contribution in [3.05, 3.63) is 24.3 Å². The molecule has 1 saturated heterocycles. The molecule has 0 atom stereocenters. The van der Waals surface area contributed by atoms with Gasteiger partial charge in [0.1, 0.15) is 0 Å². The molecule has 1 aromatic carbocycles. The van der Waals surface area contributed by atoms with E-state index in [9.17, 15) is 0 Å². The Morgan fingerprint density at radius 2 is 1.92 bits per heavy atom. The van der Waals surface area contributed by atoms with E-state index in [1.807, 2.05) is 24.3 Å². The molecule has 1 fully saturated rings. The van der Waals surface area contributed by atoms with Crippen LogP contribution in [0, 0.1) is 0 Å². The third kappa shape index (κ3) is 1.60. The van der Waals surface area contributed by atoms with Gasteiger partial charge < -0.3 is 15.4 Å². The van der Waals surface area contributed by atoms with Gasteiger partial charge in [0.05, 0.1) is 19.3 Å². The summed E-state index contributed by atoms with van der Waals surface area (Å²) < 4.78 is 5.13. The minimum atomic E-state index is 0.531. The molecule has 3 heteroatoms. The van der Waals surface area contributed by atoms with E-state index < -0.39 is 0 Å². The zero-order valence-corrected chi connectivity index (χ0v) is 7.73. The standard InChI is InChI=1S/C10H14N2O/c1-12(10-6-13-7-10)9-4-2-8(11)3-5-9/h2-5,10H,6-7,11H2,1H3. The maximum absolute atomic E-state index is 5.61. The minimum Gasteiger partial charge on any atom is -0.399 e. The number of ether oxygens (including phenoxy) is 1. The molecule has 1 aliphatic rings. The first kappa shape index (κ1) is 8.38. The lowest BCUT2D eigenvalue weighted by Crippen LogP contribution is -2.47. The van der Waals surface area contributed by atoms with E-state index in [0.717, 1.165) is 18.9 Å². The maximum atomic E-state index is 5.61. The Kier molecular flexibility index (Phi) is 2.10. The van der Waals surface area contributed by atoms with Crippen LogP contribution in [0.25, 0.3) is 0 Å². The first-order valence-corrected chi connectivity index (χ1v) is 4.43. The van der Waals surface area contributed by atoms with Crippen LogP contribution in [-0.2, 0) is 4.74 Å². The Morgan fingerprint density at radius 3 is 2.38 bits per heavy atom. The van der Waals surface area contributed by atoms with E-state index in [0.29, 0.717) is 6.04 Å². The topological polar surface area (TPSA) is 38.5 Å². The SMILES string of the molecule is CN(c1ccc(N)cc1)C1COC1. The molecule has 0 unspecified atom stereocenters. The largest absolute Gasteiger partial charge is 0.399 e. The monoisotopic (exact) mass is 178 g/mol. The summed E-state index contributed by atoms with van der Waals surface area (Å²) in [5, 5.41) is 0. The molecule has 1 aromatic rings. The normalized spacial score (nSPS) is 16.7. The van der Waals surface area contributed by atoms with Gasteiger partial charge in [-0.25, -0.2) is 0 Å². The lowest BCUT2D eigenvalue weighted by Gasteiger charge is -2.36. The van der Waals surface area contributed by atoms with E-state index in [1.54, 1.807) is 0 Å². The quantitative estimate of drug-likeness (QED) is 0.689. The van der Waals surface area contributed by atoms with Gasteiger partial charge in [0.2, 0.25) is 0 Å². The van der Waals surface area contributed by atoms with E-state index in [-0.39, 0.29) is 0 Å². The van der Waals surface area contributed by atoms with Gasteiger partial charge in [0, 0.05) is 18.4 Å². The van der Waals surface area contributed by atoms with Crippen molar-refractivity contribution >= 4 is 11.4 Å². The number of hydrogen-bond donors (Lipinski definition) is 1. The highest BCUT2D eigenvalue weighted by molar-refractivity contribution is 5.53. The number of benzene rings is 1. The molecule has 1 aliphatic heterocycles. The fourth-order valence-electron chi connectivity index (χ4n) is 1.37. The fourth-order valence-corrected chi connectivity index (χ4v) is 1.37. The Bertz CT molecular complexity index is 279. The molecule has 0 spiro atoms. The first-order chi connectivity index (χ1) is 6.27. The van der Waals surface area contributed by atoms with Gasteiger partial charge in [-0.05, 0) is 24.3 Å². The van der Waals surface area contributed by atoms with Crippen LogP contribution >= 0.6 is 0 Å². The summed E-state index contributed by atoms with van der Waals surface area (Å²) in [7, 11) is 2.08. The van der Waals surface area contributed by atoms with Gasteiger partial charge >= 0.3 is 0 Å². The molecule has 0 aliphatic carbocycles. The zero-order chi connectivity index (χ0) is 9.26. The van der Waals surface area contributed by atoms with E-state index in [2.05, 4.69) is 11.9 Å². The van der Waals surface area contributed by atoms with Crippen molar-refractivity contribution in [2.24, 2.45) is 0 Å². The van der Waals surface area contributed by atoms with Gasteiger partial charge in [-0.3, -0.25) is 0 Å². The average Bonchev–Trinajstić information content (AvgIpc) is 2.02. The van der Waals surface area contributed by atoms with Crippen molar-refractivity contribution in [2.45, 2.75) is 6.04 Å². The molecule has 0 radical (unpaired) electrons. The molecule has 1 heterocycles. The van der Waals surface area contributed by atoms with Crippen molar-refractivity contribution in [3.8, 4) is 0 Å². The van der Waals surface area contributed by atoms with Gasteiger partial charge in [0.25, 0.3) is 0 Å². The molecule has 0 saturated carbocycles. The molecule has 0 amide bonds. The number of hydrogen-bond acceptors (Lipinski definition) is 3. The summed E-state index contributed by atoms with van der Waals surface area (Å²) in [6, 6.07) is 8.45. The van der Waals surface area contributed by atoms with Crippen molar-refractivity contribution in [2.75, 3.05) is 30.9 Å². The Hall–Kier alpha value is -1.22. The molecule has 2 rings (SSSR count). The first-order valence-electron chi connectivity index (χ1n) is 4.43. The van der Waals surface area contributed by atoms with Crippen molar-refractivity contribution in [1.82, 2.24) is 0 Å². The van der Waals surface area contributed by atoms with Crippen LogP contribution in [0.2, 0.25) is 0 Å². The summed E-state index contributed by atoms with van der Waals surface area (Å²) in [4.78, 5) is 2.23. The summed E-state index contributed by atoms with van der Waals surface area (Å²) in [6.45, 7) is 1.67. The van der Waals surface area contributed by atoms with E-state index in [4.69, 9.17) is 10.5 Å². The molecule has 0 bridgehead atoms. The number of rotatable bonds is 2. The molecular formula is C10H14N2O. The average molecular weight is 178 g/mol. The third-order valence-corrected chi connectivity index (χ3v) is 2.47. The molecule has 2 N–H and O–H groups in total. The zero-order valence-electron chi connectivity index (χ0n) is 7.73. The number of nitrogens with zero attached hydrogens (tertiary/aromatic N) is 1. The second-order valence-corrected chi connectivity index (χ2v) is 3.39. The summed E-state index contributed by atoms with van der Waals surface area (Å²) in [5.74, 6) is 0. The smallest absolute Gasteiger partial charge is 0.0754 e. The number of nitrogen functional groups attached to an aromatic ring is 1. The predicted octanol–water partition coefficient (Wildman–Crippen LogP) is 1.10. The molecule has 13 heavy (non-hydrogen) atoms. The van der Waals surface area contributed by atoms with Crippen LogP contribution in [0.4, 0.5) is 11.4 Å². The summed E-state index contributed by atoms with van der Waals surface area (Å²) in [6.07, 6.45) is 0. The van der Waals surface area contributed by atoms with Crippen LogP contribution in [0.1, 0.15) is 0 Å². The van der Waals surface area contributed by atoms with Crippen LogP contribution in [0.15, 0.2) is 24.3 Å². The lowest BCUT2D eigenvalue weighted by atomic mass is 10.2. The molecule has 0 aromatic heterocycles. The van der Waals surface area contributed by atoms with E-state index in [1.165, 1.54) is 5.69 Å². The Morgan fingerprint density at radius 1 is 1.31 bits per heavy atom. The van der Waals surface area contributed by atoms with Crippen LogP contribution < -0.4 is 10.6 Å². The number of anilines is 2. The summed E-state index contributed by atoms with van der Waals surface area (Å²) >= 11 is 0. The van der Waals surface area contributed by atoms with Gasteiger partial charge in [-0.15, -0.1) is 0 Å². The third-order valence-electron chi connectivity index (χ3n) is 2.47. The minimum absolute atomic E-state index is 0.531. The fraction of sp³-hybridized carbons (Fsp3) is 0.400. The number of nitrogens with two attached hydrogens (primary N) is 1. The molecule has 3 nitrogen and oxygen atoms in total. The van der Waals surface area contributed by atoms with E-state index >= 15 is 0 Å². The highest BCUT2D eigenvalue weighted by Gasteiger charge is 2.22. The molecule has 70 valence electrons. The predicted molar refractivity (Wildman–Crippen MR) is 53.9 cm³/mol. The lowest BCUT2D eigenvalue weighted by molar-refractivity contribution is 0.0101.